The smallest absolute Gasteiger partial charge is 0.138 e. The highest BCUT2D eigenvalue weighted by Crippen LogP contribution is 2.18. The van der Waals surface area contributed by atoms with Gasteiger partial charge in [-0.2, -0.15) is 5.10 Å². The molecule has 0 aliphatic heterocycles. The Balaban J connectivity index is 2.15. The topological polar surface area (TPSA) is 42.7 Å². The Morgan fingerprint density at radius 1 is 1.26 bits per heavy atom. The maximum Gasteiger partial charge on any atom is 0.138 e. The van der Waals surface area contributed by atoms with E-state index in [0.29, 0.717) is 6.04 Å². The predicted octanol–water partition coefficient (Wildman–Crippen LogP) is 2.41. The van der Waals surface area contributed by atoms with Gasteiger partial charge in [-0.3, -0.25) is 4.68 Å². The lowest BCUT2D eigenvalue weighted by Gasteiger charge is -2.18. The van der Waals surface area contributed by atoms with Crippen molar-refractivity contribution in [2.45, 2.75) is 32.7 Å². The number of hydrogen-bond donors (Lipinski definition) is 1. The van der Waals surface area contributed by atoms with E-state index in [9.17, 15) is 0 Å². The Morgan fingerprint density at radius 2 is 2.00 bits per heavy atom. The molecule has 1 aromatic heterocycles. The van der Waals surface area contributed by atoms with Crippen molar-refractivity contribution in [1.29, 1.82) is 0 Å². The number of rotatable bonds is 6. The van der Waals surface area contributed by atoms with E-state index in [1.165, 1.54) is 11.1 Å². The van der Waals surface area contributed by atoms with Gasteiger partial charge in [-0.05, 0) is 25.5 Å². The van der Waals surface area contributed by atoms with Gasteiger partial charge in [0.15, 0.2) is 0 Å². The summed E-state index contributed by atoms with van der Waals surface area (Å²) in [6.45, 7) is 5.30. The van der Waals surface area contributed by atoms with Gasteiger partial charge in [0.2, 0.25) is 0 Å². The van der Waals surface area contributed by atoms with Gasteiger partial charge in [0.25, 0.3) is 0 Å². The molecule has 1 N–H and O–H groups in total. The summed E-state index contributed by atoms with van der Waals surface area (Å²) in [6, 6.07) is 9.00. The Bertz CT molecular complexity index is 501. The molecule has 0 aliphatic carbocycles. The van der Waals surface area contributed by atoms with Crippen LogP contribution in [0.25, 0.3) is 0 Å². The van der Waals surface area contributed by atoms with E-state index >= 15 is 0 Å². The predicted molar refractivity (Wildman–Crippen MR) is 76.9 cm³/mol. The molecule has 0 amide bonds. The number of nitrogens with zero attached hydrogens (tertiary/aromatic N) is 3. The molecule has 1 unspecified atom stereocenters. The first kappa shape index (κ1) is 13.7. The normalized spacial score (nSPS) is 12.6. The highest BCUT2D eigenvalue weighted by molar-refractivity contribution is 5.24. The van der Waals surface area contributed by atoms with E-state index in [-0.39, 0.29) is 0 Å². The Hall–Kier alpha value is -1.68. The summed E-state index contributed by atoms with van der Waals surface area (Å²) in [7, 11) is 1.94. The van der Waals surface area contributed by atoms with Crippen molar-refractivity contribution in [1.82, 2.24) is 20.1 Å². The molecule has 0 spiro atoms. The maximum absolute atomic E-state index is 4.32. The Labute approximate surface area is 114 Å². The van der Waals surface area contributed by atoms with Crippen molar-refractivity contribution in [2.24, 2.45) is 7.05 Å². The number of aromatic nitrogens is 3. The van der Waals surface area contributed by atoms with Gasteiger partial charge < -0.3 is 5.32 Å². The van der Waals surface area contributed by atoms with Crippen LogP contribution in [0, 0.1) is 6.92 Å². The summed E-state index contributed by atoms with van der Waals surface area (Å²) >= 11 is 0. The van der Waals surface area contributed by atoms with Crippen molar-refractivity contribution in [3.63, 3.8) is 0 Å². The van der Waals surface area contributed by atoms with Crippen LogP contribution in [0.4, 0.5) is 0 Å². The molecule has 0 aliphatic rings. The standard InChI is InChI=1S/C15H22N4/c1-4-9-16-14(10-15-17-11-18-19(15)3)13-7-5-12(2)6-8-13/h5-8,11,14,16H,4,9-10H2,1-3H3. The van der Waals surface area contributed by atoms with Crippen LogP contribution in [-0.4, -0.2) is 21.3 Å². The molecular weight excluding hydrogens is 236 g/mol. The lowest BCUT2D eigenvalue weighted by atomic mass is 10.0. The van der Waals surface area contributed by atoms with Gasteiger partial charge in [0.1, 0.15) is 12.2 Å². The van der Waals surface area contributed by atoms with Crippen LogP contribution >= 0.6 is 0 Å². The summed E-state index contributed by atoms with van der Waals surface area (Å²) in [5.41, 5.74) is 2.60. The third kappa shape index (κ3) is 3.64. The first-order valence-electron chi connectivity index (χ1n) is 6.83. The van der Waals surface area contributed by atoms with Crippen LogP contribution in [-0.2, 0) is 13.5 Å². The van der Waals surface area contributed by atoms with Crippen LogP contribution in [0.3, 0.4) is 0 Å². The quantitative estimate of drug-likeness (QED) is 0.865. The fourth-order valence-electron chi connectivity index (χ4n) is 2.11. The van der Waals surface area contributed by atoms with Gasteiger partial charge in [0, 0.05) is 19.5 Å². The molecule has 0 radical (unpaired) electrons. The molecule has 4 heteroatoms. The first-order chi connectivity index (χ1) is 9.20. The molecule has 1 heterocycles. The molecule has 4 nitrogen and oxygen atoms in total. The summed E-state index contributed by atoms with van der Waals surface area (Å²) in [5.74, 6) is 1.01. The third-order valence-electron chi connectivity index (χ3n) is 3.31. The van der Waals surface area contributed by atoms with Gasteiger partial charge in [-0.15, -0.1) is 0 Å². The fraction of sp³-hybridized carbons (Fsp3) is 0.467. The molecular formula is C15H22N4. The van der Waals surface area contributed by atoms with E-state index in [0.717, 1.165) is 25.2 Å². The second-order valence-electron chi connectivity index (χ2n) is 4.92. The minimum absolute atomic E-state index is 0.295. The van der Waals surface area contributed by atoms with Gasteiger partial charge >= 0.3 is 0 Å². The zero-order valence-electron chi connectivity index (χ0n) is 11.9. The monoisotopic (exact) mass is 258 g/mol. The van der Waals surface area contributed by atoms with E-state index < -0.39 is 0 Å². The second-order valence-corrected chi connectivity index (χ2v) is 4.92. The van der Waals surface area contributed by atoms with Gasteiger partial charge in [-0.1, -0.05) is 36.8 Å². The highest BCUT2D eigenvalue weighted by Gasteiger charge is 2.14. The SMILES string of the molecule is CCCNC(Cc1ncnn1C)c1ccc(C)cc1. The summed E-state index contributed by atoms with van der Waals surface area (Å²) in [6.07, 6.45) is 3.60. The zero-order chi connectivity index (χ0) is 13.7. The minimum atomic E-state index is 0.295. The van der Waals surface area contributed by atoms with Crippen molar-refractivity contribution in [2.75, 3.05) is 6.54 Å². The summed E-state index contributed by atoms with van der Waals surface area (Å²) < 4.78 is 1.84. The molecule has 2 rings (SSSR count). The zero-order valence-corrected chi connectivity index (χ0v) is 11.9. The molecule has 102 valence electrons. The van der Waals surface area contributed by atoms with Crippen LogP contribution in [0.1, 0.15) is 36.3 Å². The Morgan fingerprint density at radius 3 is 2.58 bits per heavy atom. The van der Waals surface area contributed by atoms with Crippen molar-refractivity contribution in [3.05, 3.63) is 47.5 Å². The van der Waals surface area contributed by atoms with E-state index in [2.05, 4.69) is 53.5 Å². The molecule has 1 atom stereocenters. The first-order valence-corrected chi connectivity index (χ1v) is 6.83. The lowest BCUT2D eigenvalue weighted by molar-refractivity contribution is 0.506. The maximum atomic E-state index is 4.32. The minimum Gasteiger partial charge on any atom is -0.310 e. The largest absolute Gasteiger partial charge is 0.310 e. The average Bonchev–Trinajstić information content (AvgIpc) is 2.81. The number of benzene rings is 1. The summed E-state index contributed by atoms with van der Waals surface area (Å²) in [4.78, 5) is 4.32. The van der Waals surface area contributed by atoms with E-state index in [1.807, 2.05) is 11.7 Å². The highest BCUT2D eigenvalue weighted by atomic mass is 15.3. The van der Waals surface area contributed by atoms with Crippen LogP contribution in [0.2, 0.25) is 0 Å². The Kier molecular flexibility index (Phi) is 4.68. The third-order valence-corrected chi connectivity index (χ3v) is 3.31. The van der Waals surface area contributed by atoms with Crippen molar-refractivity contribution < 1.29 is 0 Å². The number of aryl methyl sites for hydroxylation is 2. The van der Waals surface area contributed by atoms with Gasteiger partial charge in [-0.25, -0.2) is 4.98 Å². The number of nitrogens with one attached hydrogen (secondary N) is 1. The molecule has 0 fully saturated rings. The lowest BCUT2D eigenvalue weighted by Crippen LogP contribution is -2.25. The fourth-order valence-corrected chi connectivity index (χ4v) is 2.11. The summed E-state index contributed by atoms with van der Waals surface area (Å²) in [5, 5.41) is 7.73. The molecule has 2 aromatic rings. The van der Waals surface area contributed by atoms with E-state index in [4.69, 9.17) is 0 Å². The van der Waals surface area contributed by atoms with Gasteiger partial charge in [0.05, 0.1) is 0 Å². The molecule has 19 heavy (non-hydrogen) atoms. The van der Waals surface area contributed by atoms with E-state index in [1.54, 1.807) is 6.33 Å². The van der Waals surface area contributed by atoms with Crippen LogP contribution in [0.15, 0.2) is 30.6 Å². The van der Waals surface area contributed by atoms with Crippen LogP contribution in [0.5, 0.6) is 0 Å². The van der Waals surface area contributed by atoms with Crippen molar-refractivity contribution >= 4 is 0 Å². The molecule has 0 saturated heterocycles. The number of hydrogen-bond acceptors (Lipinski definition) is 3. The molecule has 0 saturated carbocycles. The average molecular weight is 258 g/mol. The second kappa shape index (κ2) is 6.48. The molecule has 1 aromatic carbocycles. The van der Waals surface area contributed by atoms with Crippen molar-refractivity contribution in [3.8, 4) is 0 Å². The molecule has 0 bridgehead atoms. The van der Waals surface area contributed by atoms with Crippen LogP contribution < -0.4 is 5.32 Å².